The van der Waals surface area contributed by atoms with Gasteiger partial charge in [-0.25, -0.2) is 0 Å². The zero-order chi connectivity index (χ0) is 13.0. The third-order valence-corrected chi connectivity index (χ3v) is 3.49. The molecule has 0 atom stereocenters. The third-order valence-electron chi connectivity index (χ3n) is 3.49. The molecule has 0 aliphatic carbocycles. The number of benzene rings is 1. The fourth-order valence-corrected chi connectivity index (χ4v) is 2.37. The minimum absolute atomic E-state index is 0.0878. The summed E-state index contributed by atoms with van der Waals surface area (Å²) >= 11 is 0. The summed E-state index contributed by atoms with van der Waals surface area (Å²) in [4.78, 5) is 13.5. The highest BCUT2D eigenvalue weighted by Gasteiger charge is 2.15. The van der Waals surface area contributed by atoms with Gasteiger partial charge in [0.1, 0.15) is 0 Å². The predicted molar refractivity (Wildman–Crippen MR) is 73.8 cm³/mol. The Morgan fingerprint density at radius 2 is 2.33 bits per heavy atom. The van der Waals surface area contributed by atoms with Crippen molar-refractivity contribution in [2.24, 2.45) is 0 Å². The van der Waals surface area contributed by atoms with Crippen LogP contribution in [0.3, 0.4) is 0 Å². The smallest absolute Gasteiger partial charge is 0.221 e. The average molecular weight is 247 g/mol. The maximum atomic E-state index is 11.3. The first-order chi connectivity index (χ1) is 8.72. The molecular weight excluding hydrogens is 226 g/mol. The van der Waals surface area contributed by atoms with Gasteiger partial charge in [-0.1, -0.05) is 12.1 Å². The number of fused-ring (bicyclic) bond motifs is 1. The van der Waals surface area contributed by atoms with Crippen molar-refractivity contribution in [1.29, 1.82) is 0 Å². The first kappa shape index (κ1) is 12.9. The van der Waals surface area contributed by atoms with Gasteiger partial charge in [0.05, 0.1) is 0 Å². The van der Waals surface area contributed by atoms with Crippen molar-refractivity contribution < 1.29 is 4.79 Å². The largest absolute Gasteiger partial charge is 0.374 e. The van der Waals surface area contributed by atoms with Crippen LogP contribution < -0.4 is 15.5 Å². The minimum atomic E-state index is 0.0878. The standard InChI is InChI=1S/C14H21N3O/c1-15-14(18)7-9-17(2)13-5-3-4-11-6-8-16-10-12(11)13/h3-5,16H,6-10H2,1-2H3,(H,15,18). The normalized spacial score (nSPS) is 13.9. The number of hydrogen-bond donors (Lipinski definition) is 2. The highest BCUT2D eigenvalue weighted by Crippen LogP contribution is 2.25. The van der Waals surface area contributed by atoms with Crippen molar-refractivity contribution in [1.82, 2.24) is 10.6 Å². The SMILES string of the molecule is CNC(=O)CCN(C)c1cccc2c1CNCC2. The van der Waals surface area contributed by atoms with E-state index in [1.165, 1.54) is 16.8 Å². The summed E-state index contributed by atoms with van der Waals surface area (Å²) in [6, 6.07) is 6.44. The summed E-state index contributed by atoms with van der Waals surface area (Å²) in [6.07, 6.45) is 1.62. The van der Waals surface area contributed by atoms with Crippen LogP contribution in [0.4, 0.5) is 5.69 Å². The van der Waals surface area contributed by atoms with Crippen LogP contribution in [0, 0.1) is 0 Å². The molecule has 1 aliphatic rings. The molecule has 98 valence electrons. The molecule has 2 N–H and O–H groups in total. The van der Waals surface area contributed by atoms with E-state index in [9.17, 15) is 4.79 Å². The molecule has 0 bridgehead atoms. The predicted octanol–water partition coefficient (Wildman–Crippen LogP) is 0.905. The molecule has 0 fully saturated rings. The summed E-state index contributed by atoms with van der Waals surface area (Å²) in [5.74, 6) is 0.0878. The molecule has 1 aromatic carbocycles. The van der Waals surface area contributed by atoms with Crippen LogP contribution in [-0.2, 0) is 17.8 Å². The third kappa shape index (κ3) is 2.82. The van der Waals surface area contributed by atoms with Crippen LogP contribution in [0.5, 0.6) is 0 Å². The van der Waals surface area contributed by atoms with E-state index in [0.717, 1.165) is 26.1 Å². The zero-order valence-electron chi connectivity index (χ0n) is 11.1. The van der Waals surface area contributed by atoms with Crippen LogP contribution >= 0.6 is 0 Å². The average Bonchev–Trinajstić information content (AvgIpc) is 2.43. The second-order valence-electron chi connectivity index (χ2n) is 4.69. The van der Waals surface area contributed by atoms with Crippen molar-refractivity contribution in [2.45, 2.75) is 19.4 Å². The topological polar surface area (TPSA) is 44.4 Å². The van der Waals surface area contributed by atoms with Crippen molar-refractivity contribution in [3.05, 3.63) is 29.3 Å². The van der Waals surface area contributed by atoms with E-state index in [2.05, 4.69) is 33.7 Å². The van der Waals surface area contributed by atoms with Crippen molar-refractivity contribution >= 4 is 11.6 Å². The van der Waals surface area contributed by atoms with E-state index in [4.69, 9.17) is 0 Å². The van der Waals surface area contributed by atoms with Gasteiger partial charge in [-0.05, 0) is 30.2 Å². The van der Waals surface area contributed by atoms with Gasteiger partial charge in [0.2, 0.25) is 5.91 Å². The number of nitrogens with zero attached hydrogens (tertiary/aromatic N) is 1. The fraction of sp³-hybridized carbons (Fsp3) is 0.500. The second kappa shape index (κ2) is 5.87. The number of carbonyl (C=O) groups excluding carboxylic acids is 1. The minimum Gasteiger partial charge on any atom is -0.374 e. The lowest BCUT2D eigenvalue weighted by molar-refractivity contribution is -0.120. The van der Waals surface area contributed by atoms with E-state index in [1.54, 1.807) is 7.05 Å². The Morgan fingerprint density at radius 3 is 3.11 bits per heavy atom. The van der Waals surface area contributed by atoms with Gasteiger partial charge < -0.3 is 15.5 Å². The Hall–Kier alpha value is -1.55. The number of amides is 1. The summed E-state index contributed by atoms with van der Waals surface area (Å²) in [5, 5.41) is 6.06. The van der Waals surface area contributed by atoms with Crippen LogP contribution in [0.1, 0.15) is 17.5 Å². The Morgan fingerprint density at radius 1 is 1.50 bits per heavy atom. The van der Waals surface area contributed by atoms with E-state index in [-0.39, 0.29) is 5.91 Å². The molecule has 18 heavy (non-hydrogen) atoms. The number of anilines is 1. The van der Waals surface area contributed by atoms with Crippen molar-refractivity contribution in [3.8, 4) is 0 Å². The van der Waals surface area contributed by atoms with Crippen LogP contribution in [-0.4, -0.2) is 33.1 Å². The van der Waals surface area contributed by atoms with Crippen molar-refractivity contribution in [3.63, 3.8) is 0 Å². The van der Waals surface area contributed by atoms with E-state index in [1.807, 2.05) is 7.05 Å². The zero-order valence-corrected chi connectivity index (χ0v) is 11.1. The van der Waals surface area contributed by atoms with Gasteiger partial charge in [0.25, 0.3) is 0 Å². The molecule has 2 rings (SSSR count). The Kier molecular flexibility index (Phi) is 4.20. The van der Waals surface area contributed by atoms with Gasteiger partial charge in [-0.2, -0.15) is 0 Å². The van der Waals surface area contributed by atoms with Crippen LogP contribution in [0.25, 0.3) is 0 Å². The molecule has 1 amide bonds. The molecule has 1 aliphatic heterocycles. The highest BCUT2D eigenvalue weighted by atomic mass is 16.1. The number of nitrogens with one attached hydrogen (secondary N) is 2. The molecule has 1 aromatic rings. The second-order valence-corrected chi connectivity index (χ2v) is 4.69. The van der Waals surface area contributed by atoms with E-state index >= 15 is 0 Å². The molecule has 0 saturated heterocycles. The van der Waals surface area contributed by atoms with Gasteiger partial charge in [-0.15, -0.1) is 0 Å². The first-order valence-corrected chi connectivity index (χ1v) is 6.45. The Bertz CT molecular complexity index is 431. The lowest BCUT2D eigenvalue weighted by Gasteiger charge is -2.26. The molecule has 1 heterocycles. The summed E-state index contributed by atoms with van der Waals surface area (Å²) < 4.78 is 0. The molecule has 4 nitrogen and oxygen atoms in total. The summed E-state index contributed by atoms with van der Waals surface area (Å²) in [6.45, 7) is 2.73. The Balaban J connectivity index is 2.10. The van der Waals surface area contributed by atoms with Gasteiger partial charge >= 0.3 is 0 Å². The van der Waals surface area contributed by atoms with Crippen LogP contribution in [0.15, 0.2) is 18.2 Å². The van der Waals surface area contributed by atoms with Crippen LogP contribution in [0.2, 0.25) is 0 Å². The van der Waals surface area contributed by atoms with Gasteiger partial charge in [0.15, 0.2) is 0 Å². The molecule has 0 spiro atoms. The molecule has 0 saturated carbocycles. The molecule has 0 radical (unpaired) electrons. The lowest BCUT2D eigenvalue weighted by atomic mass is 9.99. The first-order valence-electron chi connectivity index (χ1n) is 6.45. The van der Waals surface area contributed by atoms with Crippen molar-refractivity contribution in [2.75, 3.05) is 32.1 Å². The van der Waals surface area contributed by atoms with E-state index in [0.29, 0.717) is 6.42 Å². The number of rotatable bonds is 4. The monoisotopic (exact) mass is 247 g/mol. The maximum absolute atomic E-state index is 11.3. The Labute approximate surface area is 108 Å². The quantitative estimate of drug-likeness (QED) is 0.831. The maximum Gasteiger partial charge on any atom is 0.221 e. The van der Waals surface area contributed by atoms with E-state index < -0.39 is 0 Å². The summed E-state index contributed by atoms with van der Waals surface area (Å²) in [5.41, 5.74) is 4.05. The fourth-order valence-electron chi connectivity index (χ4n) is 2.37. The molecule has 0 aromatic heterocycles. The number of hydrogen-bond acceptors (Lipinski definition) is 3. The number of carbonyl (C=O) groups is 1. The molecular formula is C14H21N3O. The van der Waals surface area contributed by atoms with Gasteiger partial charge in [-0.3, -0.25) is 4.79 Å². The highest BCUT2D eigenvalue weighted by molar-refractivity contribution is 5.76. The lowest BCUT2D eigenvalue weighted by Crippen LogP contribution is -2.30. The molecule has 4 heteroatoms. The molecule has 0 unspecified atom stereocenters. The summed E-state index contributed by atoms with van der Waals surface area (Å²) in [7, 11) is 3.73. The van der Waals surface area contributed by atoms with Gasteiger partial charge in [0, 0.05) is 39.3 Å².